The van der Waals surface area contributed by atoms with Crippen LogP contribution in [0.3, 0.4) is 0 Å². The zero-order valence-corrected chi connectivity index (χ0v) is 14.4. The summed E-state index contributed by atoms with van der Waals surface area (Å²) in [5, 5.41) is 0. The van der Waals surface area contributed by atoms with Crippen LogP contribution in [0.15, 0.2) is 108 Å². The zero-order chi connectivity index (χ0) is 17.1. The van der Waals surface area contributed by atoms with Crippen LogP contribution in [-0.2, 0) is 0 Å². The summed E-state index contributed by atoms with van der Waals surface area (Å²) in [5.74, 6) is 0.712. The molecule has 0 saturated heterocycles. The fourth-order valence-corrected chi connectivity index (χ4v) is 4.86. The molecule has 0 aromatic heterocycles. The molecule has 0 spiro atoms. The van der Waals surface area contributed by atoms with Gasteiger partial charge in [0.2, 0.25) is 0 Å². The summed E-state index contributed by atoms with van der Waals surface area (Å²) < 4.78 is 0. The molecule has 6 rings (SSSR count). The minimum Gasteiger partial charge on any atom is -0.0726 e. The summed E-state index contributed by atoms with van der Waals surface area (Å²) in [6, 6.07) is 17.8. The standard InChI is InChI=1S/C26H18/c1-2-10-21-17(7-1)15-18-8-6-14-22(18)26(21)25-16-19-9-5-13-20(19)23-11-3-4-12-24(23)25/h1-16,20,26H. The van der Waals surface area contributed by atoms with Crippen molar-refractivity contribution in [2.45, 2.75) is 11.8 Å². The van der Waals surface area contributed by atoms with Gasteiger partial charge >= 0.3 is 0 Å². The molecule has 0 nitrogen and oxygen atoms in total. The molecule has 0 N–H and O–H groups in total. The number of benzene rings is 2. The van der Waals surface area contributed by atoms with E-state index in [4.69, 9.17) is 0 Å². The summed E-state index contributed by atoms with van der Waals surface area (Å²) in [7, 11) is 0. The first-order valence-electron chi connectivity index (χ1n) is 9.29. The van der Waals surface area contributed by atoms with Gasteiger partial charge in [-0.2, -0.15) is 0 Å². The zero-order valence-electron chi connectivity index (χ0n) is 14.4. The van der Waals surface area contributed by atoms with E-state index >= 15 is 0 Å². The van der Waals surface area contributed by atoms with Crippen molar-refractivity contribution in [2.75, 3.05) is 0 Å². The van der Waals surface area contributed by atoms with Crippen LogP contribution in [-0.4, -0.2) is 0 Å². The van der Waals surface area contributed by atoms with Crippen molar-refractivity contribution >= 4 is 11.6 Å². The van der Waals surface area contributed by atoms with E-state index in [0.29, 0.717) is 11.8 Å². The van der Waals surface area contributed by atoms with Gasteiger partial charge in [-0.3, -0.25) is 0 Å². The lowest BCUT2D eigenvalue weighted by molar-refractivity contribution is 0.965. The summed E-state index contributed by atoms with van der Waals surface area (Å²) in [5.41, 5.74) is 11.2. The van der Waals surface area contributed by atoms with Crippen LogP contribution in [0.5, 0.6) is 0 Å². The van der Waals surface area contributed by atoms with E-state index in [0.717, 1.165) is 0 Å². The highest BCUT2D eigenvalue weighted by Gasteiger charge is 2.34. The van der Waals surface area contributed by atoms with Gasteiger partial charge in [-0.15, -0.1) is 0 Å². The van der Waals surface area contributed by atoms with E-state index in [-0.39, 0.29) is 0 Å². The summed E-state index contributed by atoms with van der Waals surface area (Å²) in [6.07, 6.45) is 18.3. The Bertz CT molecular complexity index is 1130. The predicted molar refractivity (Wildman–Crippen MR) is 109 cm³/mol. The Labute approximate surface area is 153 Å². The van der Waals surface area contributed by atoms with Crippen LogP contribution in [0, 0.1) is 0 Å². The highest BCUT2D eigenvalue weighted by Crippen LogP contribution is 2.52. The average molecular weight is 330 g/mol. The Hall–Kier alpha value is -3.12. The van der Waals surface area contributed by atoms with Crippen molar-refractivity contribution in [3.05, 3.63) is 130 Å². The lowest BCUT2D eigenvalue weighted by Crippen LogP contribution is -2.16. The van der Waals surface area contributed by atoms with E-state index in [9.17, 15) is 0 Å². The Morgan fingerprint density at radius 1 is 0.692 bits per heavy atom. The summed E-state index contributed by atoms with van der Waals surface area (Å²) in [6.45, 7) is 0. The van der Waals surface area contributed by atoms with Crippen LogP contribution in [0.1, 0.15) is 34.1 Å². The van der Waals surface area contributed by atoms with Crippen LogP contribution in [0.2, 0.25) is 0 Å². The third-order valence-corrected chi connectivity index (χ3v) is 6.01. The molecule has 2 aromatic rings. The van der Waals surface area contributed by atoms with Gasteiger partial charge < -0.3 is 0 Å². The van der Waals surface area contributed by atoms with Crippen LogP contribution in [0.4, 0.5) is 0 Å². The Morgan fingerprint density at radius 3 is 2.50 bits per heavy atom. The van der Waals surface area contributed by atoms with Crippen LogP contribution < -0.4 is 0 Å². The van der Waals surface area contributed by atoms with Crippen molar-refractivity contribution in [1.29, 1.82) is 0 Å². The molecule has 0 radical (unpaired) electrons. The summed E-state index contributed by atoms with van der Waals surface area (Å²) >= 11 is 0. The van der Waals surface area contributed by atoms with Gasteiger partial charge in [0.25, 0.3) is 0 Å². The van der Waals surface area contributed by atoms with Gasteiger partial charge in [0, 0.05) is 11.8 Å². The first-order chi connectivity index (χ1) is 12.9. The Balaban J connectivity index is 1.62. The normalized spacial score (nSPS) is 24.0. The molecule has 0 fully saturated rings. The molecule has 0 saturated carbocycles. The van der Waals surface area contributed by atoms with Gasteiger partial charge in [-0.25, -0.2) is 0 Å². The second-order valence-electron chi connectivity index (χ2n) is 7.36. The molecular weight excluding hydrogens is 312 g/mol. The van der Waals surface area contributed by atoms with E-state index in [1.165, 1.54) is 44.5 Å². The lowest BCUT2D eigenvalue weighted by atomic mass is 9.70. The van der Waals surface area contributed by atoms with Crippen LogP contribution >= 0.6 is 0 Å². The maximum atomic E-state index is 2.44. The molecule has 122 valence electrons. The van der Waals surface area contributed by atoms with Crippen molar-refractivity contribution in [3.8, 4) is 0 Å². The van der Waals surface area contributed by atoms with E-state index in [1.54, 1.807) is 0 Å². The predicted octanol–water partition coefficient (Wildman–Crippen LogP) is 6.34. The Morgan fingerprint density at radius 2 is 1.54 bits per heavy atom. The highest BCUT2D eigenvalue weighted by atomic mass is 14.4. The topological polar surface area (TPSA) is 0 Å². The number of allylic oxidation sites excluding steroid dienone is 11. The number of rotatable bonds is 1. The van der Waals surface area contributed by atoms with Crippen molar-refractivity contribution in [1.82, 2.24) is 0 Å². The third kappa shape index (κ3) is 1.84. The van der Waals surface area contributed by atoms with Gasteiger partial charge in [-0.1, -0.05) is 91.1 Å². The molecule has 4 aliphatic rings. The lowest BCUT2D eigenvalue weighted by Gasteiger charge is -2.33. The molecule has 2 aromatic carbocycles. The minimum atomic E-state index is 0.296. The molecule has 0 heteroatoms. The molecule has 4 aliphatic carbocycles. The van der Waals surface area contributed by atoms with Crippen molar-refractivity contribution in [2.24, 2.45) is 0 Å². The molecule has 0 aliphatic heterocycles. The maximum Gasteiger partial charge on any atom is 0.0357 e. The minimum absolute atomic E-state index is 0.296. The number of hydrogen-bond donors (Lipinski definition) is 0. The second kappa shape index (κ2) is 5.19. The molecule has 0 bridgehead atoms. The van der Waals surface area contributed by atoms with E-state index < -0.39 is 0 Å². The summed E-state index contributed by atoms with van der Waals surface area (Å²) in [4.78, 5) is 0. The quantitative estimate of drug-likeness (QED) is 0.572. The first kappa shape index (κ1) is 14.1. The fraction of sp³-hybridized carbons (Fsp3) is 0.0769. The van der Waals surface area contributed by atoms with Gasteiger partial charge in [0.1, 0.15) is 0 Å². The van der Waals surface area contributed by atoms with Gasteiger partial charge in [-0.05, 0) is 50.6 Å². The largest absolute Gasteiger partial charge is 0.0726 e. The van der Waals surface area contributed by atoms with Crippen molar-refractivity contribution < 1.29 is 0 Å². The van der Waals surface area contributed by atoms with Crippen molar-refractivity contribution in [3.63, 3.8) is 0 Å². The second-order valence-corrected chi connectivity index (χ2v) is 7.36. The molecular formula is C26H18. The van der Waals surface area contributed by atoms with E-state index in [1.807, 2.05) is 0 Å². The van der Waals surface area contributed by atoms with Gasteiger partial charge in [0.05, 0.1) is 0 Å². The highest BCUT2D eigenvalue weighted by molar-refractivity contribution is 5.88. The smallest absolute Gasteiger partial charge is 0.0357 e. The monoisotopic (exact) mass is 330 g/mol. The molecule has 0 amide bonds. The molecule has 2 unspecified atom stereocenters. The molecule has 26 heavy (non-hydrogen) atoms. The molecule has 2 atom stereocenters. The molecule has 0 heterocycles. The Kier molecular flexibility index (Phi) is 2.81. The SMILES string of the molecule is C1=CC2=Cc3ccccc3C(C3=CC4=CC=CC4c4ccccc43)C2=C1. The van der Waals surface area contributed by atoms with E-state index in [2.05, 4.69) is 97.1 Å². The first-order valence-corrected chi connectivity index (χ1v) is 9.29. The van der Waals surface area contributed by atoms with Crippen LogP contribution in [0.25, 0.3) is 11.6 Å². The number of hydrogen-bond acceptors (Lipinski definition) is 0. The third-order valence-electron chi connectivity index (χ3n) is 6.01. The number of fused-ring (bicyclic) bond motifs is 5. The fourth-order valence-electron chi connectivity index (χ4n) is 4.86. The maximum absolute atomic E-state index is 2.44. The average Bonchev–Trinajstić information content (AvgIpc) is 3.34. The van der Waals surface area contributed by atoms with Gasteiger partial charge in [0.15, 0.2) is 0 Å².